The lowest BCUT2D eigenvalue weighted by atomic mass is 10.0. The highest BCUT2D eigenvalue weighted by Gasteiger charge is 2.30. The molecule has 0 fully saturated rings. The third-order valence-corrected chi connectivity index (χ3v) is 5.80. The Kier molecular flexibility index (Phi) is 3.37. The molecule has 0 aliphatic carbocycles. The average Bonchev–Trinajstić information content (AvgIpc) is 2.49. The lowest BCUT2D eigenvalue weighted by molar-refractivity contribution is 0.586. The summed E-state index contributed by atoms with van der Waals surface area (Å²) < 4.78 is 27.5. The molecule has 5 heteroatoms. The number of nitrogens with two attached hydrogens (primary N) is 1. The number of fused-ring (bicyclic) bond motifs is 1. The van der Waals surface area contributed by atoms with Crippen LogP contribution in [0.1, 0.15) is 17.5 Å². The fraction of sp³-hybridized carbons (Fsp3) is 0.250. The van der Waals surface area contributed by atoms with Crippen molar-refractivity contribution < 1.29 is 8.42 Å². The SMILES string of the molecule is Cc1ccc(N)cc1S(=O)(=O)N1CCCc2ccccc21. The molecule has 0 saturated heterocycles. The average molecular weight is 302 g/mol. The van der Waals surface area contributed by atoms with Crippen LogP contribution in [0.3, 0.4) is 0 Å². The van der Waals surface area contributed by atoms with E-state index in [-0.39, 0.29) is 0 Å². The quantitative estimate of drug-likeness (QED) is 0.868. The number of nitrogen functional groups attached to an aromatic ring is 1. The molecule has 0 spiro atoms. The summed E-state index contributed by atoms with van der Waals surface area (Å²) in [7, 11) is -3.58. The molecule has 2 aromatic rings. The zero-order valence-corrected chi connectivity index (χ0v) is 12.7. The fourth-order valence-electron chi connectivity index (χ4n) is 2.76. The molecular weight excluding hydrogens is 284 g/mol. The normalized spacial score (nSPS) is 14.8. The van der Waals surface area contributed by atoms with Gasteiger partial charge in [0.2, 0.25) is 0 Å². The van der Waals surface area contributed by atoms with Crippen molar-refractivity contribution in [1.29, 1.82) is 0 Å². The molecule has 0 unspecified atom stereocenters. The predicted octanol–water partition coefficient (Wildman–Crippen LogP) is 2.72. The van der Waals surface area contributed by atoms with Crippen LogP contribution in [0, 0.1) is 6.92 Å². The van der Waals surface area contributed by atoms with E-state index >= 15 is 0 Å². The first-order chi connectivity index (χ1) is 10.00. The molecule has 0 amide bonds. The van der Waals surface area contributed by atoms with Crippen molar-refractivity contribution in [3.05, 3.63) is 53.6 Å². The Morgan fingerprint density at radius 3 is 2.71 bits per heavy atom. The van der Waals surface area contributed by atoms with Gasteiger partial charge in [0, 0.05) is 12.2 Å². The summed E-state index contributed by atoms with van der Waals surface area (Å²) in [5.41, 5.74) is 8.80. The van der Waals surface area contributed by atoms with Crippen molar-refractivity contribution in [2.75, 3.05) is 16.6 Å². The second-order valence-electron chi connectivity index (χ2n) is 5.33. The number of nitrogens with zero attached hydrogens (tertiary/aromatic N) is 1. The molecule has 0 saturated carbocycles. The molecule has 0 aromatic heterocycles. The van der Waals surface area contributed by atoms with E-state index < -0.39 is 10.0 Å². The van der Waals surface area contributed by atoms with Gasteiger partial charge < -0.3 is 5.73 Å². The van der Waals surface area contributed by atoms with E-state index in [1.165, 1.54) is 4.31 Å². The first kappa shape index (κ1) is 13.9. The Bertz CT molecular complexity index is 785. The zero-order chi connectivity index (χ0) is 15.0. The molecule has 110 valence electrons. The number of hydrogen-bond donors (Lipinski definition) is 1. The second kappa shape index (κ2) is 5.07. The van der Waals surface area contributed by atoms with E-state index in [2.05, 4.69) is 0 Å². The highest BCUT2D eigenvalue weighted by atomic mass is 32.2. The van der Waals surface area contributed by atoms with Crippen LogP contribution < -0.4 is 10.0 Å². The van der Waals surface area contributed by atoms with Crippen LogP contribution in [0.15, 0.2) is 47.4 Å². The van der Waals surface area contributed by atoms with Crippen molar-refractivity contribution >= 4 is 21.4 Å². The molecule has 21 heavy (non-hydrogen) atoms. The summed E-state index contributed by atoms with van der Waals surface area (Å²) in [6, 6.07) is 12.7. The van der Waals surface area contributed by atoms with Crippen LogP contribution >= 0.6 is 0 Å². The molecule has 2 N–H and O–H groups in total. The summed E-state index contributed by atoms with van der Waals surface area (Å²) in [4.78, 5) is 0.291. The van der Waals surface area contributed by atoms with Crippen molar-refractivity contribution in [2.45, 2.75) is 24.7 Å². The van der Waals surface area contributed by atoms with Gasteiger partial charge in [-0.25, -0.2) is 8.42 Å². The number of rotatable bonds is 2. The van der Waals surface area contributed by atoms with E-state index in [4.69, 9.17) is 5.73 Å². The molecule has 1 heterocycles. The highest BCUT2D eigenvalue weighted by molar-refractivity contribution is 7.92. The van der Waals surface area contributed by atoms with Crippen LogP contribution in [-0.4, -0.2) is 15.0 Å². The van der Waals surface area contributed by atoms with E-state index in [1.807, 2.05) is 24.3 Å². The smallest absolute Gasteiger partial charge is 0.264 e. The van der Waals surface area contributed by atoms with Crippen LogP contribution in [0.25, 0.3) is 0 Å². The first-order valence-corrected chi connectivity index (χ1v) is 8.41. The van der Waals surface area contributed by atoms with Crippen LogP contribution in [0.4, 0.5) is 11.4 Å². The van der Waals surface area contributed by atoms with Gasteiger partial charge in [-0.05, 0) is 49.1 Å². The number of hydrogen-bond acceptors (Lipinski definition) is 3. The monoisotopic (exact) mass is 302 g/mol. The van der Waals surface area contributed by atoms with Crippen molar-refractivity contribution in [1.82, 2.24) is 0 Å². The maximum atomic E-state index is 13.0. The van der Waals surface area contributed by atoms with Crippen molar-refractivity contribution in [2.24, 2.45) is 0 Å². The molecular formula is C16H18N2O2S. The number of benzene rings is 2. The van der Waals surface area contributed by atoms with Gasteiger partial charge in [0.15, 0.2) is 0 Å². The Morgan fingerprint density at radius 1 is 1.14 bits per heavy atom. The van der Waals surface area contributed by atoms with Gasteiger partial charge in [0.25, 0.3) is 10.0 Å². The van der Waals surface area contributed by atoms with E-state index in [0.29, 0.717) is 22.7 Å². The van der Waals surface area contributed by atoms with Gasteiger partial charge in [0.1, 0.15) is 0 Å². The topological polar surface area (TPSA) is 63.4 Å². The van der Waals surface area contributed by atoms with Gasteiger partial charge in [0.05, 0.1) is 10.6 Å². The molecule has 0 radical (unpaired) electrons. The largest absolute Gasteiger partial charge is 0.399 e. The van der Waals surface area contributed by atoms with Crippen LogP contribution in [0.5, 0.6) is 0 Å². The maximum absolute atomic E-state index is 13.0. The van der Waals surface area contributed by atoms with Crippen LogP contribution in [0.2, 0.25) is 0 Å². The zero-order valence-electron chi connectivity index (χ0n) is 11.9. The Labute approximate surface area is 125 Å². The fourth-order valence-corrected chi connectivity index (χ4v) is 4.57. The summed E-state index contributed by atoms with van der Waals surface area (Å²) in [6.07, 6.45) is 1.75. The van der Waals surface area contributed by atoms with E-state index in [9.17, 15) is 8.42 Å². The molecule has 1 aliphatic rings. The number of para-hydroxylation sites is 1. The van der Waals surface area contributed by atoms with Crippen molar-refractivity contribution in [3.63, 3.8) is 0 Å². The summed E-state index contributed by atoms with van der Waals surface area (Å²) >= 11 is 0. The van der Waals surface area contributed by atoms with Gasteiger partial charge >= 0.3 is 0 Å². The minimum Gasteiger partial charge on any atom is -0.399 e. The molecule has 0 bridgehead atoms. The summed E-state index contributed by atoms with van der Waals surface area (Å²) in [6.45, 7) is 2.30. The molecule has 3 rings (SSSR count). The third-order valence-electron chi connectivity index (χ3n) is 3.85. The summed E-state index contributed by atoms with van der Waals surface area (Å²) in [5, 5.41) is 0. The lowest BCUT2D eigenvalue weighted by Gasteiger charge is -2.31. The Morgan fingerprint density at radius 2 is 1.90 bits per heavy atom. The standard InChI is InChI=1S/C16H18N2O2S/c1-12-8-9-14(17)11-16(12)21(19,20)18-10-4-6-13-5-2-3-7-15(13)18/h2-3,5,7-9,11H,4,6,10,17H2,1H3. The molecule has 0 atom stereocenters. The number of aryl methyl sites for hydroxylation is 2. The van der Waals surface area contributed by atoms with Gasteiger partial charge in [-0.2, -0.15) is 0 Å². The van der Waals surface area contributed by atoms with Gasteiger partial charge in [-0.1, -0.05) is 24.3 Å². The Hall–Kier alpha value is -2.01. The molecule has 1 aliphatic heterocycles. The van der Waals surface area contributed by atoms with Crippen molar-refractivity contribution in [3.8, 4) is 0 Å². The third kappa shape index (κ3) is 2.38. The minimum absolute atomic E-state index is 0.291. The van der Waals surface area contributed by atoms with E-state index in [1.54, 1.807) is 25.1 Å². The predicted molar refractivity (Wildman–Crippen MR) is 84.9 cm³/mol. The first-order valence-electron chi connectivity index (χ1n) is 6.97. The second-order valence-corrected chi connectivity index (χ2v) is 7.17. The van der Waals surface area contributed by atoms with Crippen LogP contribution in [-0.2, 0) is 16.4 Å². The molecule has 4 nitrogen and oxygen atoms in total. The number of anilines is 2. The van der Waals surface area contributed by atoms with Gasteiger partial charge in [-0.15, -0.1) is 0 Å². The maximum Gasteiger partial charge on any atom is 0.264 e. The highest BCUT2D eigenvalue weighted by Crippen LogP contribution is 2.33. The lowest BCUT2D eigenvalue weighted by Crippen LogP contribution is -2.35. The molecule has 2 aromatic carbocycles. The number of sulfonamides is 1. The Balaban J connectivity index is 2.14. The van der Waals surface area contributed by atoms with E-state index in [0.717, 1.165) is 24.1 Å². The van der Waals surface area contributed by atoms with Gasteiger partial charge in [-0.3, -0.25) is 4.31 Å². The minimum atomic E-state index is -3.58. The summed E-state index contributed by atoms with van der Waals surface area (Å²) in [5.74, 6) is 0.